The fraction of sp³-hybridized carbons (Fsp3) is 0.321. The normalized spacial score (nSPS) is 14.2. The predicted molar refractivity (Wildman–Crippen MR) is 141 cm³/mol. The van der Waals surface area contributed by atoms with Crippen LogP contribution in [0.4, 0.5) is 5.69 Å². The van der Waals surface area contributed by atoms with E-state index >= 15 is 0 Å². The van der Waals surface area contributed by atoms with Crippen LogP contribution >= 0.6 is 0 Å². The van der Waals surface area contributed by atoms with E-state index in [1.807, 2.05) is 57.2 Å². The van der Waals surface area contributed by atoms with Crippen LogP contribution in [0.2, 0.25) is 0 Å². The number of nitrogens with zero attached hydrogens (tertiary/aromatic N) is 1. The number of Topliss-reactive ketones (excluding diaryl/α,β-unsaturated/α-hetero) is 1. The molecule has 0 amide bonds. The Hall–Kier alpha value is -3.87. The zero-order chi connectivity index (χ0) is 26.0. The molecular formula is C28H35N3O4. The zero-order valence-electron chi connectivity index (χ0n) is 21.2. The summed E-state index contributed by atoms with van der Waals surface area (Å²) in [7, 11) is 2.93. The van der Waals surface area contributed by atoms with Gasteiger partial charge in [-0.1, -0.05) is 30.4 Å². The van der Waals surface area contributed by atoms with Crippen LogP contribution in [0, 0.1) is 0 Å². The number of ketones is 1. The number of hydrogen-bond donors (Lipinski definition) is 2. The molecular weight excluding hydrogens is 442 g/mol. The molecule has 1 aliphatic heterocycles. The van der Waals surface area contributed by atoms with E-state index < -0.39 is 0 Å². The Morgan fingerprint density at radius 1 is 1.14 bits per heavy atom. The van der Waals surface area contributed by atoms with Gasteiger partial charge in [0.2, 0.25) is 0 Å². The van der Waals surface area contributed by atoms with Crippen LogP contribution in [0.1, 0.15) is 52.0 Å². The zero-order valence-corrected chi connectivity index (χ0v) is 21.2. The molecule has 0 fully saturated rings. The Morgan fingerprint density at radius 3 is 2.46 bits per heavy atom. The SMILES string of the molecule is C=C(C)NC(/C=C1N=C(/C=C(\CC(=O)CCCC(=O)OC)c2ccccc2N)C=C\1OC)=C(C)C. The molecule has 0 saturated heterocycles. The molecule has 0 aliphatic carbocycles. The molecule has 0 aromatic heterocycles. The highest BCUT2D eigenvalue weighted by molar-refractivity contribution is 6.13. The molecule has 1 aliphatic rings. The van der Waals surface area contributed by atoms with Gasteiger partial charge in [0.1, 0.15) is 17.2 Å². The smallest absolute Gasteiger partial charge is 0.305 e. The summed E-state index contributed by atoms with van der Waals surface area (Å²) in [5.74, 6) is 0.295. The lowest BCUT2D eigenvalue weighted by Gasteiger charge is -2.11. The molecule has 0 spiro atoms. The Labute approximate surface area is 207 Å². The maximum atomic E-state index is 12.7. The van der Waals surface area contributed by atoms with E-state index in [1.165, 1.54) is 7.11 Å². The van der Waals surface area contributed by atoms with Crippen LogP contribution < -0.4 is 11.1 Å². The number of carbonyl (C=O) groups excluding carboxylic acids is 2. The van der Waals surface area contributed by atoms with Crippen molar-refractivity contribution < 1.29 is 19.1 Å². The molecule has 1 heterocycles. The standard InChI is InChI=1S/C28H35N3O4/c1-18(2)25(30-19(3)4)17-26-27(34-5)16-21(31-26)14-20(23-11-7-8-12-24(23)29)15-22(32)10-9-13-28(33)35-6/h7-8,11-12,14,16-17,30H,3,9-10,13,15,29H2,1-2,4-6H3/b20-14+,26-17-. The molecule has 0 saturated carbocycles. The average molecular weight is 478 g/mol. The van der Waals surface area contributed by atoms with E-state index in [0.29, 0.717) is 29.3 Å². The second kappa shape index (κ2) is 13.1. The van der Waals surface area contributed by atoms with Crippen molar-refractivity contribution in [1.29, 1.82) is 0 Å². The topological polar surface area (TPSA) is 103 Å². The van der Waals surface area contributed by atoms with Crippen molar-refractivity contribution in [2.24, 2.45) is 4.99 Å². The maximum absolute atomic E-state index is 12.7. The lowest BCUT2D eigenvalue weighted by molar-refractivity contribution is -0.140. The van der Waals surface area contributed by atoms with Gasteiger partial charge in [-0.2, -0.15) is 0 Å². The van der Waals surface area contributed by atoms with Crippen LogP contribution in [0.25, 0.3) is 5.57 Å². The number of anilines is 1. The number of carbonyl (C=O) groups is 2. The van der Waals surface area contributed by atoms with E-state index in [-0.39, 0.29) is 31.0 Å². The Bertz CT molecular complexity index is 1130. The van der Waals surface area contributed by atoms with Crippen molar-refractivity contribution in [2.45, 2.75) is 46.5 Å². The van der Waals surface area contributed by atoms with Gasteiger partial charge < -0.3 is 20.5 Å². The van der Waals surface area contributed by atoms with E-state index in [1.54, 1.807) is 13.2 Å². The Balaban J connectivity index is 2.40. The molecule has 0 atom stereocenters. The number of benzene rings is 1. The lowest BCUT2D eigenvalue weighted by Crippen LogP contribution is -2.10. The third kappa shape index (κ3) is 8.45. The molecule has 1 aromatic rings. The molecule has 7 heteroatoms. The number of nitrogens with two attached hydrogens (primary N) is 1. The molecule has 0 unspecified atom stereocenters. The summed E-state index contributed by atoms with van der Waals surface area (Å²) in [6, 6.07) is 7.41. The van der Waals surface area contributed by atoms with Crippen molar-refractivity contribution in [2.75, 3.05) is 20.0 Å². The largest absolute Gasteiger partial charge is 0.494 e. The molecule has 35 heavy (non-hydrogen) atoms. The first-order valence-corrected chi connectivity index (χ1v) is 11.4. The van der Waals surface area contributed by atoms with Gasteiger partial charge in [-0.05, 0) is 51.0 Å². The van der Waals surface area contributed by atoms with Crippen LogP contribution in [0.5, 0.6) is 0 Å². The molecule has 0 radical (unpaired) electrons. The summed E-state index contributed by atoms with van der Waals surface area (Å²) in [6.45, 7) is 9.80. The first kappa shape index (κ1) is 27.4. The number of ether oxygens (including phenoxy) is 2. The minimum Gasteiger partial charge on any atom is -0.494 e. The fourth-order valence-electron chi connectivity index (χ4n) is 3.47. The number of nitrogens with one attached hydrogen (secondary N) is 1. The summed E-state index contributed by atoms with van der Waals surface area (Å²) in [5, 5.41) is 3.24. The van der Waals surface area contributed by atoms with Crippen molar-refractivity contribution in [3.8, 4) is 0 Å². The lowest BCUT2D eigenvalue weighted by atomic mass is 9.95. The van der Waals surface area contributed by atoms with Gasteiger partial charge in [-0.15, -0.1) is 0 Å². The number of hydrogen-bond acceptors (Lipinski definition) is 7. The number of methoxy groups -OCH3 is 2. The summed E-state index contributed by atoms with van der Waals surface area (Å²) < 4.78 is 10.2. The number of esters is 1. The van der Waals surface area contributed by atoms with Crippen molar-refractivity contribution >= 4 is 28.7 Å². The first-order chi connectivity index (χ1) is 16.6. The van der Waals surface area contributed by atoms with Gasteiger partial charge in [0.25, 0.3) is 0 Å². The monoisotopic (exact) mass is 477 g/mol. The highest BCUT2D eigenvalue weighted by atomic mass is 16.5. The molecule has 3 N–H and O–H groups in total. The van der Waals surface area contributed by atoms with Crippen LogP contribution in [0.15, 0.2) is 82.5 Å². The number of allylic oxidation sites excluding steroid dienone is 6. The summed E-state index contributed by atoms with van der Waals surface area (Å²) >= 11 is 0. The van der Waals surface area contributed by atoms with Crippen LogP contribution in [-0.2, 0) is 19.1 Å². The minimum atomic E-state index is -0.324. The number of nitrogen functional groups attached to an aromatic ring is 1. The summed E-state index contributed by atoms with van der Waals surface area (Å²) in [5.41, 5.74) is 12.4. The average Bonchev–Trinajstić information content (AvgIpc) is 3.19. The third-order valence-electron chi connectivity index (χ3n) is 5.25. The number of aliphatic imine (C=N–C) groups is 1. The van der Waals surface area contributed by atoms with Crippen molar-refractivity contribution in [3.05, 3.63) is 83.1 Å². The van der Waals surface area contributed by atoms with Gasteiger partial charge in [0, 0.05) is 48.0 Å². The van der Waals surface area contributed by atoms with Gasteiger partial charge in [-0.25, -0.2) is 4.99 Å². The Kier molecular flexibility index (Phi) is 10.3. The second-order valence-corrected chi connectivity index (χ2v) is 8.50. The third-order valence-corrected chi connectivity index (χ3v) is 5.25. The first-order valence-electron chi connectivity index (χ1n) is 11.4. The number of para-hydroxylation sites is 1. The summed E-state index contributed by atoms with van der Waals surface area (Å²) in [6.07, 6.45) is 6.68. The van der Waals surface area contributed by atoms with Crippen molar-refractivity contribution in [1.82, 2.24) is 5.32 Å². The van der Waals surface area contributed by atoms with Gasteiger partial charge in [-0.3, -0.25) is 9.59 Å². The van der Waals surface area contributed by atoms with E-state index in [2.05, 4.69) is 16.6 Å². The molecule has 2 rings (SSSR count). The Morgan fingerprint density at radius 2 is 1.86 bits per heavy atom. The maximum Gasteiger partial charge on any atom is 0.305 e. The molecule has 186 valence electrons. The van der Waals surface area contributed by atoms with E-state index in [9.17, 15) is 9.59 Å². The second-order valence-electron chi connectivity index (χ2n) is 8.50. The summed E-state index contributed by atoms with van der Waals surface area (Å²) in [4.78, 5) is 28.8. The fourth-order valence-corrected chi connectivity index (χ4v) is 3.47. The highest BCUT2D eigenvalue weighted by Crippen LogP contribution is 2.28. The molecule has 7 nitrogen and oxygen atoms in total. The van der Waals surface area contributed by atoms with Gasteiger partial charge >= 0.3 is 5.97 Å². The molecule has 0 bridgehead atoms. The predicted octanol–water partition coefficient (Wildman–Crippen LogP) is 5.24. The van der Waals surface area contributed by atoms with Gasteiger partial charge in [0.05, 0.1) is 19.9 Å². The van der Waals surface area contributed by atoms with Gasteiger partial charge in [0.15, 0.2) is 0 Å². The highest BCUT2D eigenvalue weighted by Gasteiger charge is 2.18. The van der Waals surface area contributed by atoms with Crippen LogP contribution in [-0.4, -0.2) is 31.7 Å². The van der Waals surface area contributed by atoms with E-state index in [0.717, 1.165) is 28.1 Å². The molecule has 1 aromatic carbocycles. The quantitative estimate of drug-likeness (QED) is 0.315. The van der Waals surface area contributed by atoms with Crippen molar-refractivity contribution in [3.63, 3.8) is 0 Å². The van der Waals surface area contributed by atoms with E-state index in [4.69, 9.17) is 15.5 Å². The minimum absolute atomic E-state index is 0.00574. The van der Waals surface area contributed by atoms with Crippen LogP contribution in [0.3, 0.4) is 0 Å². The number of rotatable bonds is 12.